The quantitative estimate of drug-likeness (QED) is 0.853. The molecule has 0 fully saturated rings. The van der Waals surface area contributed by atoms with E-state index >= 15 is 0 Å². The molecule has 0 bridgehead atoms. The predicted molar refractivity (Wildman–Crippen MR) is 68.7 cm³/mol. The maximum absolute atomic E-state index is 11.8. The first-order valence-electron chi connectivity index (χ1n) is 6.23. The van der Waals surface area contributed by atoms with Gasteiger partial charge in [-0.1, -0.05) is 12.1 Å². The summed E-state index contributed by atoms with van der Waals surface area (Å²) in [7, 11) is 0. The summed E-state index contributed by atoms with van der Waals surface area (Å²) >= 11 is 0. The molecule has 0 radical (unpaired) electrons. The molecule has 19 heavy (non-hydrogen) atoms. The molecule has 0 unspecified atom stereocenters. The van der Waals surface area contributed by atoms with Gasteiger partial charge in [-0.25, -0.2) is 0 Å². The van der Waals surface area contributed by atoms with Crippen LogP contribution < -0.4 is 5.32 Å². The Bertz CT molecular complexity index is 553. The van der Waals surface area contributed by atoms with Crippen LogP contribution in [0.25, 0.3) is 0 Å². The average Bonchev–Trinajstić information content (AvgIpc) is 2.95. The van der Waals surface area contributed by atoms with Crippen molar-refractivity contribution in [2.75, 3.05) is 5.32 Å². The Morgan fingerprint density at radius 3 is 2.79 bits per heavy atom. The first-order chi connectivity index (χ1) is 9.10. The number of aryl methyl sites for hydroxylation is 3. The van der Waals surface area contributed by atoms with Crippen LogP contribution in [0, 0.1) is 13.8 Å². The number of carbonyl (C=O) groups excluding carboxylic acids is 1. The number of hydrogen-bond acceptors (Lipinski definition) is 5. The van der Waals surface area contributed by atoms with Crippen LogP contribution >= 0.6 is 0 Å². The van der Waals surface area contributed by atoms with Gasteiger partial charge in [0.2, 0.25) is 11.9 Å². The lowest BCUT2D eigenvalue weighted by molar-refractivity contribution is -0.116. The summed E-state index contributed by atoms with van der Waals surface area (Å²) in [6.07, 6.45) is 1.69. The van der Waals surface area contributed by atoms with E-state index < -0.39 is 0 Å². The summed E-state index contributed by atoms with van der Waals surface area (Å²) in [4.78, 5) is 15.9. The van der Waals surface area contributed by atoms with E-state index in [4.69, 9.17) is 4.52 Å². The molecule has 0 saturated carbocycles. The van der Waals surface area contributed by atoms with Crippen molar-refractivity contribution in [2.45, 2.75) is 40.0 Å². The van der Waals surface area contributed by atoms with Crippen LogP contribution in [0.2, 0.25) is 0 Å². The molecular weight excluding hydrogens is 246 g/mol. The van der Waals surface area contributed by atoms with Gasteiger partial charge >= 0.3 is 0 Å². The Hall–Kier alpha value is -2.18. The number of aromatic amines is 1. The SMILES string of the molecule is CCc1nc(NC(=O)CCc2c(C)noc2C)n[nH]1. The zero-order valence-corrected chi connectivity index (χ0v) is 11.3. The lowest BCUT2D eigenvalue weighted by Crippen LogP contribution is -2.13. The third kappa shape index (κ3) is 3.18. The molecular formula is C12H17N5O2. The molecule has 2 heterocycles. The Labute approximate surface area is 110 Å². The van der Waals surface area contributed by atoms with Crippen LogP contribution in [-0.2, 0) is 17.6 Å². The summed E-state index contributed by atoms with van der Waals surface area (Å²) in [5.74, 6) is 1.71. The molecule has 0 aromatic carbocycles. The molecule has 102 valence electrons. The zero-order valence-electron chi connectivity index (χ0n) is 11.3. The van der Waals surface area contributed by atoms with Gasteiger partial charge in [-0.3, -0.25) is 15.2 Å². The summed E-state index contributed by atoms with van der Waals surface area (Å²) in [5.41, 5.74) is 1.82. The van der Waals surface area contributed by atoms with Gasteiger partial charge in [-0.05, 0) is 20.3 Å². The monoisotopic (exact) mass is 263 g/mol. The number of nitrogens with zero attached hydrogens (tertiary/aromatic N) is 3. The van der Waals surface area contributed by atoms with Crippen LogP contribution in [-0.4, -0.2) is 26.2 Å². The Morgan fingerprint density at radius 1 is 1.42 bits per heavy atom. The van der Waals surface area contributed by atoms with E-state index in [1.807, 2.05) is 20.8 Å². The standard InChI is InChI=1S/C12H17N5O2/c1-4-10-13-12(16-15-10)14-11(18)6-5-9-7(2)17-19-8(9)3/h4-6H2,1-3H3,(H2,13,14,15,16,18). The molecule has 2 aromatic rings. The smallest absolute Gasteiger partial charge is 0.248 e. The van der Waals surface area contributed by atoms with Crippen molar-refractivity contribution in [3.05, 3.63) is 22.8 Å². The summed E-state index contributed by atoms with van der Waals surface area (Å²) in [6.45, 7) is 5.67. The lowest BCUT2D eigenvalue weighted by Gasteiger charge is -2.00. The predicted octanol–water partition coefficient (Wildman–Crippen LogP) is 1.54. The summed E-state index contributed by atoms with van der Waals surface area (Å²) < 4.78 is 5.05. The first-order valence-corrected chi connectivity index (χ1v) is 6.23. The highest BCUT2D eigenvalue weighted by molar-refractivity contribution is 5.89. The second-order valence-electron chi connectivity index (χ2n) is 4.31. The van der Waals surface area contributed by atoms with E-state index in [-0.39, 0.29) is 5.91 Å². The molecule has 0 atom stereocenters. The number of anilines is 1. The second-order valence-corrected chi connectivity index (χ2v) is 4.31. The van der Waals surface area contributed by atoms with Crippen molar-refractivity contribution in [1.29, 1.82) is 0 Å². The van der Waals surface area contributed by atoms with E-state index in [1.165, 1.54) is 0 Å². The largest absolute Gasteiger partial charge is 0.361 e. The minimum Gasteiger partial charge on any atom is -0.361 e. The number of hydrogen-bond donors (Lipinski definition) is 2. The maximum Gasteiger partial charge on any atom is 0.248 e. The number of nitrogens with one attached hydrogen (secondary N) is 2. The fraction of sp³-hybridized carbons (Fsp3) is 0.500. The normalized spacial score (nSPS) is 10.7. The van der Waals surface area contributed by atoms with Crippen LogP contribution in [0.1, 0.15) is 36.2 Å². The van der Waals surface area contributed by atoms with Crippen molar-refractivity contribution >= 4 is 11.9 Å². The minimum absolute atomic E-state index is 0.123. The van der Waals surface area contributed by atoms with Crippen molar-refractivity contribution < 1.29 is 9.32 Å². The van der Waals surface area contributed by atoms with Gasteiger partial charge in [-0.15, -0.1) is 5.10 Å². The van der Waals surface area contributed by atoms with E-state index in [0.717, 1.165) is 29.3 Å². The molecule has 7 nitrogen and oxygen atoms in total. The molecule has 0 aliphatic rings. The number of amides is 1. The Kier molecular flexibility index (Phi) is 3.94. The van der Waals surface area contributed by atoms with E-state index in [1.54, 1.807) is 0 Å². The van der Waals surface area contributed by atoms with Crippen LogP contribution in [0.4, 0.5) is 5.95 Å². The molecule has 0 aliphatic heterocycles. The van der Waals surface area contributed by atoms with Gasteiger partial charge in [0.05, 0.1) is 5.69 Å². The minimum atomic E-state index is -0.123. The second kappa shape index (κ2) is 5.64. The molecule has 0 spiro atoms. The fourth-order valence-electron chi connectivity index (χ4n) is 1.79. The Balaban J connectivity index is 1.88. The summed E-state index contributed by atoms with van der Waals surface area (Å²) in [6, 6.07) is 0. The maximum atomic E-state index is 11.8. The topological polar surface area (TPSA) is 96.7 Å². The fourth-order valence-corrected chi connectivity index (χ4v) is 1.79. The van der Waals surface area contributed by atoms with Crippen LogP contribution in [0.5, 0.6) is 0 Å². The van der Waals surface area contributed by atoms with Gasteiger partial charge in [-0.2, -0.15) is 4.98 Å². The molecule has 7 heteroatoms. The van der Waals surface area contributed by atoms with Gasteiger partial charge < -0.3 is 4.52 Å². The zero-order chi connectivity index (χ0) is 13.8. The van der Waals surface area contributed by atoms with E-state index in [0.29, 0.717) is 18.8 Å². The molecule has 2 rings (SSSR count). The summed E-state index contributed by atoms with van der Waals surface area (Å²) in [5, 5.41) is 13.2. The van der Waals surface area contributed by atoms with E-state index in [2.05, 4.69) is 25.7 Å². The highest BCUT2D eigenvalue weighted by atomic mass is 16.5. The van der Waals surface area contributed by atoms with Gasteiger partial charge in [0, 0.05) is 18.4 Å². The molecule has 1 amide bonds. The highest BCUT2D eigenvalue weighted by Crippen LogP contribution is 2.14. The first kappa shape index (κ1) is 13.3. The highest BCUT2D eigenvalue weighted by Gasteiger charge is 2.12. The Morgan fingerprint density at radius 2 is 2.21 bits per heavy atom. The van der Waals surface area contributed by atoms with E-state index in [9.17, 15) is 4.79 Å². The third-order valence-electron chi connectivity index (χ3n) is 2.90. The number of carbonyl (C=O) groups is 1. The number of rotatable bonds is 5. The van der Waals surface area contributed by atoms with Crippen molar-refractivity contribution in [2.24, 2.45) is 0 Å². The van der Waals surface area contributed by atoms with Gasteiger partial charge in [0.25, 0.3) is 0 Å². The lowest BCUT2D eigenvalue weighted by atomic mass is 10.1. The molecule has 2 aromatic heterocycles. The molecule has 2 N–H and O–H groups in total. The van der Waals surface area contributed by atoms with Crippen molar-refractivity contribution in [3.8, 4) is 0 Å². The van der Waals surface area contributed by atoms with Crippen LogP contribution in [0.15, 0.2) is 4.52 Å². The molecule has 0 aliphatic carbocycles. The number of H-pyrrole nitrogens is 1. The third-order valence-corrected chi connectivity index (χ3v) is 2.90. The van der Waals surface area contributed by atoms with Crippen LogP contribution in [0.3, 0.4) is 0 Å². The van der Waals surface area contributed by atoms with Gasteiger partial charge in [0.15, 0.2) is 0 Å². The van der Waals surface area contributed by atoms with Gasteiger partial charge in [0.1, 0.15) is 11.6 Å². The molecule has 0 saturated heterocycles. The van der Waals surface area contributed by atoms with Crippen molar-refractivity contribution in [1.82, 2.24) is 20.3 Å². The number of aromatic nitrogens is 4. The average molecular weight is 263 g/mol. The van der Waals surface area contributed by atoms with Crippen molar-refractivity contribution in [3.63, 3.8) is 0 Å².